The molecule has 0 saturated carbocycles. The van der Waals surface area contributed by atoms with Crippen LogP contribution in [0.4, 0.5) is 5.82 Å². The van der Waals surface area contributed by atoms with Crippen LogP contribution < -0.4 is 10.9 Å². The van der Waals surface area contributed by atoms with Crippen LogP contribution in [0.5, 0.6) is 0 Å². The number of aromatic nitrogens is 3. The molecule has 0 aliphatic rings. The van der Waals surface area contributed by atoms with Crippen molar-refractivity contribution in [3.05, 3.63) is 88.6 Å². The Kier molecular flexibility index (Phi) is 4.98. The average Bonchev–Trinajstić information content (AvgIpc) is 3.13. The molecule has 0 aliphatic heterocycles. The van der Waals surface area contributed by atoms with Crippen molar-refractivity contribution < 1.29 is 0 Å². The molecule has 0 saturated heterocycles. The first-order valence-electron chi connectivity index (χ1n) is 9.60. The molecule has 0 aliphatic carbocycles. The summed E-state index contributed by atoms with van der Waals surface area (Å²) in [6.45, 7) is 4.95. The third kappa shape index (κ3) is 3.56. The van der Waals surface area contributed by atoms with E-state index >= 15 is 0 Å². The van der Waals surface area contributed by atoms with Crippen molar-refractivity contribution in [3.8, 4) is 5.69 Å². The summed E-state index contributed by atoms with van der Waals surface area (Å²) in [6, 6.07) is 16.3. The maximum Gasteiger partial charge on any atom is 0.297 e. The molecule has 2 aromatic heterocycles. The first kappa shape index (κ1) is 18.0. The molecule has 4 rings (SSSR count). The van der Waals surface area contributed by atoms with E-state index < -0.39 is 0 Å². The summed E-state index contributed by atoms with van der Waals surface area (Å²) in [4.78, 5) is 20.3. The molecule has 4 aromatic rings. The number of hydrogen-bond donors (Lipinski definition) is 2. The molecule has 142 valence electrons. The third-order valence-electron chi connectivity index (χ3n) is 5.04. The molecule has 2 heterocycles. The second kappa shape index (κ2) is 7.72. The highest BCUT2D eigenvalue weighted by molar-refractivity contribution is 5.83. The van der Waals surface area contributed by atoms with E-state index in [1.54, 1.807) is 17.0 Å². The first-order chi connectivity index (χ1) is 13.6. The van der Waals surface area contributed by atoms with Gasteiger partial charge in [-0.2, -0.15) is 0 Å². The standard InChI is InChI=1S/C23H24N4O/c1-16(2)17-7-9-19(10-8-17)27-14-13-25-22(23(27)28)24-12-11-18-15-26-21-6-4-3-5-20(18)21/h3-10,13-16,26H,11-12H2,1-2H3,(H,24,25). The van der Waals surface area contributed by atoms with E-state index in [-0.39, 0.29) is 5.56 Å². The number of benzene rings is 2. The van der Waals surface area contributed by atoms with Crippen LogP contribution in [-0.2, 0) is 6.42 Å². The number of rotatable bonds is 6. The third-order valence-corrected chi connectivity index (χ3v) is 5.04. The lowest BCUT2D eigenvalue weighted by Gasteiger charge is -2.11. The topological polar surface area (TPSA) is 62.7 Å². The molecule has 2 N–H and O–H groups in total. The molecule has 0 unspecified atom stereocenters. The van der Waals surface area contributed by atoms with Gasteiger partial charge in [0, 0.05) is 41.7 Å². The smallest absolute Gasteiger partial charge is 0.297 e. The van der Waals surface area contributed by atoms with Gasteiger partial charge in [0.05, 0.1) is 0 Å². The number of aromatic amines is 1. The second-order valence-electron chi connectivity index (χ2n) is 7.23. The van der Waals surface area contributed by atoms with E-state index in [1.807, 2.05) is 30.5 Å². The van der Waals surface area contributed by atoms with Crippen molar-refractivity contribution in [2.45, 2.75) is 26.2 Å². The zero-order chi connectivity index (χ0) is 19.5. The maximum atomic E-state index is 12.8. The summed E-state index contributed by atoms with van der Waals surface area (Å²) < 4.78 is 1.63. The van der Waals surface area contributed by atoms with Crippen LogP contribution in [0.2, 0.25) is 0 Å². The van der Waals surface area contributed by atoms with Gasteiger partial charge in [-0.1, -0.05) is 44.2 Å². The summed E-state index contributed by atoms with van der Waals surface area (Å²) >= 11 is 0. The van der Waals surface area contributed by atoms with Gasteiger partial charge in [0.25, 0.3) is 5.56 Å². The fourth-order valence-electron chi connectivity index (χ4n) is 3.41. The Balaban J connectivity index is 1.50. The maximum absolute atomic E-state index is 12.8. The van der Waals surface area contributed by atoms with Crippen molar-refractivity contribution in [2.24, 2.45) is 0 Å². The highest BCUT2D eigenvalue weighted by atomic mass is 16.1. The quantitative estimate of drug-likeness (QED) is 0.524. The Morgan fingerprint density at radius 2 is 1.89 bits per heavy atom. The zero-order valence-electron chi connectivity index (χ0n) is 16.1. The van der Waals surface area contributed by atoms with Gasteiger partial charge in [-0.3, -0.25) is 9.36 Å². The molecular formula is C23H24N4O. The van der Waals surface area contributed by atoms with Gasteiger partial charge in [0.1, 0.15) is 0 Å². The molecule has 2 aromatic carbocycles. The molecule has 0 amide bonds. The molecule has 0 atom stereocenters. The van der Waals surface area contributed by atoms with E-state index in [0.29, 0.717) is 18.3 Å². The highest BCUT2D eigenvalue weighted by Crippen LogP contribution is 2.18. The molecule has 5 nitrogen and oxygen atoms in total. The Labute approximate surface area is 164 Å². The van der Waals surface area contributed by atoms with E-state index in [2.05, 4.69) is 53.4 Å². The van der Waals surface area contributed by atoms with Crippen LogP contribution >= 0.6 is 0 Å². The Bertz CT molecular complexity index is 1140. The molecule has 28 heavy (non-hydrogen) atoms. The van der Waals surface area contributed by atoms with Crippen LogP contribution in [-0.4, -0.2) is 21.1 Å². The van der Waals surface area contributed by atoms with Crippen LogP contribution in [0.15, 0.2) is 71.9 Å². The monoisotopic (exact) mass is 372 g/mol. The number of nitrogens with zero attached hydrogens (tertiary/aromatic N) is 2. The number of H-pyrrole nitrogens is 1. The summed E-state index contributed by atoms with van der Waals surface area (Å²) in [5, 5.41) is 4.41. The number of nitrogens with one attached hydrogen (secondary N) is 2. The van der Waals surface area contributed by atoms with Crippen molar-refractivity contribution in [3.63, 3.8) is 0 Å². The van der Waals surface area contributed by atoms with Crippen molar-refractivity contribution in [2.75, 3.05) is 11.9 Å². The summed E-state index contributed by atoms with van der Waals surface area (Å²) in [7, 11) is 0. The van der Waals surface area contributed by atoms with Crippen LogP contribution in [0.25, 0.3) is 16.6 Å². The van der Waals surface area contributed by atoms with E-state index in [9.17, 15) is 4.79 Å². The number of fused-ring (bicyclic) bond motifs is 1. The van der Waals surface area contributed by atoms with Crippen molar-refractivity contribution >= 4 is 16.7 Å². The lowest BCUT2D eigenvalue weighted by Crippen LogP contribution is -2.24. The minimum Gasteiger partial charge on any atom is -0.365 e. The summed E-state index contributed by atoms with van der Waals surface area (Å²) in [5.41, 5.74) is 4.31. The van der Waals surface area contributed by atoms with Crippen LogP contribution in [0.3, 0.4) is 0 Å². The fourth-order valence-corrected chi connectivity index (χ4v) is 3.41. The van der Waals surface area contributed by atoms with Gasteiger partial charge < -0.3 is 10.3 Å². The largest absolute Gasteiger partial charge is 0.365 e. The minimum atomic E-state index is -0.140. The van der Waals surface area contributed by atoms with Crippen LogP contribution in [0.1, 0.15) is 30.9 Å². The predicted molar refractivity (Wildman–Crippen MR) is 114 cm³/mol. The van der Waals surface area contributed by atoms with Gasteiger partial charge in [-0.25, -0.2) is 4.98 Å². The van der Waals surface area contributed by atoms with Crippen molar-refractivity contribution in [1.82, 2.24) is 14.5 Å². The average molecular weight is 372 g/mol. The number of anilines is 1. The number of hydrogen-bond acceptors (Lipinski definition) is 3. The van der Waals surface area contributed by atoms with E-state index in [4.69, 9.17) is 0 Å². The van der Waals surface area contributed by atoms with Gasteiger partial charge in [0.2, 0.25) is 0 Å². The minimum absolute atomic E-state index is 0.140. The predicted octanol–water partition coefficient (Wildman–Crippen LogP) is 4.49. The van der Waals surface area contributed by atoms with E-state index in [0.717, 1.165) is 17.6 Å². The second-order valence-corrected chi connectivity index (χ2v) is 7.23. The van der Waals surface area contributed by atoms with Crippen molar-refractivity contribution in [1.29, 1.82) is 0 Å². The molecular weight excluding hydrogens is 348 g/mol. The lowest BCUT2D eigenvalue weighted by atomic mass is 10.0. The Morgan fingerprint density at radius 3 is 2.68 bits per heavy atom. The number of para-hydroxylation sites is 1. The van der Waals surface area contributed by atoms with E-state index in [1.165, 1.54) is 16.5 Å². The Hall–Kier alpha value is -3.34. The molecule has 0 fully saturated rings. The zero-order valence-corrected chi connectivity index (χ0v) is 16.1. The highest BCUT2D eigenvalue weighted by Gasteiger charge is 2.08. The summed E-state index contributed by atoms with van der Waals surface area (Å²) in [5.74, 6) is 0.834. The Morgan fingerprint density at radius 1 is 1.11 bits per heavy atom. The van der Waals surface area contributed by atoms with Gasteiger partial charge in [0.15, 0.2) is 5.82 Å². The lowest BCUT2D eigenvalue weighted by molar-refractivity contribution is 0.863. The van der Waals surface area contributed by atoms with Gasteiger partial charge in [-0.15, -0.1) is 0 Å². The molecule has 0 bridgehead atoms. The summed E-state index contributed by atoms with van der Waals surface area (Å²) in [6.07, 6.45) is 6.20. The molecule has 5 heteroatoms. The first-order valence-corrected chi connectivity index (χ1v) is 9.60. The SMILES string of the molecule is CC(C)c1ccc(-n2ccnc(NCCc3c[nH]c4ccccc34)c2=O)cc1. The normalized spacial score (nSPS) is 11.2. The molecule has 0 spiro atoms. The molecule has 0 radical (unpaired) electrons. The fraction of sp³-hybridized carbons (Fsp3) is 0.217. The van der Waals surface area contributed by atoms with Gasteiger partial charge >= 0.3 is 0 Å². The van der Waals surface area contributed by atoms with Gasteiger partial charge in [-0.05, 0) is 41.7 Å². The van der Waals surface area contributed by atoms with Crippen LogP contribution in [0, 0.1) is 0 Å².